The molecule has 2 aromatic rings. The van der Waals surface area contributed by atoms with Crippen LogP contribution < -0.4 is 5.32 Å². The van der Waals surface area contributed by atoms with Crippen molar-refractivity contribution in [3.63, 3.8) is 0 Å². The molecule has 2 aromatic carbocycles. The highest BCUT2D eigenvalue weighted by Gasteiger charge is 2.10. The van der Waals surface area contributed by atoms with Crippen LogP contribution in [0.25, 0.3) is 6.08 Å². The first kappa shape index (κ1) is 16.5. The number of carbonyl (C=O) groups is 2. The second kappa shape index (κ2) is 8.54. The van der Waals surface area contributed by atoms with Gasteiger partial charge in [-0.1, -0.05) is 60.7 Å². The second-order valence-electron chi connectivity index (χ2n) is 5.05. The molecule has 1 N–H and O–H groups in total. The number of nitrogens with one attached hydrogen (secondary N) is 1. The van der Waals surface area contributed by atoms with E-state index in [2.05, 4.69) is 5.32 Å². The normalized spacial score (nSPS) is 11.9. The third-order valence-corrected chi connectivity index (χ3v) is 3.23. The van der Waals surface area contributed by atoms with Crippen LogP contribution in [0.3, 0.4) is 0 Å². The van der Waals surface area contributed by atoms with Gasteiger partial charge in [0.2, 0.25) is 0 Å². The summed E-state index contributed by atoms with van der Waals surface area (Å²) >= 11 is 0. The van der Waals surface area contributed by atoms with E-state index in [-0.39, 0.29) is 18.6 Å². The fourth-order valence-corrected chi connectivity index (χ4v) is 2.02. The van der Waals surface area contributed by atoms with Crippen molar-refractivity contribution in [2.45, 2.75) is 13.0 Å². The van der Waals surface area contributed by atoms with Crippen molar-refractivity contribution >= 4 is 18.0 Å². The van der Waals surface area contributed by atoms with Gasteiger partial charge < -0.3 is 10.1 Å². The largest absolute Gasteiger partial charge is 0.452 e. The lowest BCUT2D eigenvalue weighted by Crippen LogP contribution is -2.30. The third kappa shape index (κ3) is 5.79. The Morgan fingerprint density at radius 2 is 1.65 bits per heavy atom. The first-order chi connectivity index (χ1) is 11.1. The highest BCUT2D eigenvalue weighted by molar-refractivity contribution is 5.89. The molecule has 0 unspecified atom stereocenters. The molecule has 0 saturated heterocycles. The molecular weight excluding hydrogens is 290 g/mol. The Morgan fingerprint density at radius 1 is 1.04 bits per heavy atom. The van der Waals surface area contributed by atoms with Crippen LogP contribution in [0.2, 0.25) is 0 Å². The maximum Gasteiger partial charge on any atom is 0.331 e. The Bertz CT molecular complexity index is 666. The zero-order chi connectivity index (χ0) is 16.5. The highest BCUT2D eigenvalue weighted by Crippen LogP contribution is 2.10. The monoisotopic (exact) mass is 309 g/mol. The van der Waals surface area contributed by atoms with Crippen LogP contribution in [0.5, 0.6) is 0 Å². The third-order valence-electron chi connectivity index (χ3n) is 3.23. The van der Waals surface area contributed by atoms with E-state index >= 15 is 0 Å². The molecule has 2 rings (SSSR count). The Balaban J connectivity index is 1.76. The average Bonchev–Trinajstić information content (AvgIpc) is 2.60. The van der Waals surface area contributed by atoms with Crippen molar-refractivity contribution in [1.82, 2.24) is 5.32 Å². The molecule has 0 aromatic heterocycles. The van der Waals surface area contributed by atoms with E-state index in [1.165, 1.54) is 6.08 Å². The summed E-state index contributed by atoms with van der Waals surface area (Å²) < 4.78 is 4.92. The molecule has 0 spiro atoms. The number of hydrogen-bond donors (Lipinski definition) is 1. The molecule has 0 fully saturated rings. The first-order valence-corrected chi connectivity index (χ1v) is 7.39. The predicted octanol–water partition coefficient (Wildman–Crippen LogP) is 3.12. The van der Waals surface area contributed by atoms with Crippen LogP contribution in [0, 0.1) is 0 Å². The Kier molecular flexibility index (Phi) is 6.12. The van der Waals surface area contributed by atoms with E-state index in [1.54, 1.807) is 6.08 Å². The summed E-state index contributed by atoms with van der Waals surface area (Å²) in [6, 6.07) is 18.9. The fourth-order valence-electron chi connectivity index (χ4n) is 2.02. The SMILES string of the molecule is C[C@@H](NC(=O)COC(=O)/C=C/c1ccccc1)c1ccccc1. The summed E-state index contributed by atoms with van der Waals surface area (Å²) in [5, 5.41) is 2.79. The summed E-state index contributed by atoms with van der Waals surface area (Å²) in [5.41, 5.74) is 1.89. The van der Waals surface area contributed by atoms with Crippen molar-refractivity contribution < 1.29 is 14.3 Å². The quantitative estimate of drug-likeness (QED) is 0.659. The smallest absolute Gasteiger partial charge is 0.331 e. The van der Waals surface area contributed by atoms with Gasteiger partial charge in [-0.25, -0.2) is 4.79 Å². The summed E-state index contributed by atoms with van der Waals surface area (Å²) in [7, 11) is 0. The summed E-state index contributed by atoms with van der Waals surface area (Å²) in [4.78, 5) is 23.4. The van der Waals surface area contributed by atoms with E-state index in [9.17, 15) is 9.59 Å². The number of rotatable bonds is 6. The second-order valence-corrected chi connectivity index (χ2v) is 5.05. The predicted molar refractivity (Wildman–Crippen MR) is 89.4 cm³/mol. The highest BCUT2D eigenvalue weighted by atomic mass is 16.5. The van der Waals surface area contributed by atoms with Crippen LogP contribution in [0.1, 0.15) is 24.1 Å². The topological polar surface area (TPSA) is 55.4 Å². The Labute approximate surface area is 135 Å². The fraction of sp³-hybridized carbons (Fsp3) is 0.158. The molecule has 1 atom stereocenters. The van der Waals surface area contributed by atoms with Crippen molar-refractivity contribution in [1.29, 1.82) is 0 Å². The minimum Gasteiger partial charge on any atom is -0.452 e. The van der Waals surface area contributed by atoms with Crippen LogP contribution in [0.4, 0.5) is 0 Å². The summed E-state index contributed by atoms with van der Waals surface area (Å²) in [6.07, 6.45) is 2.95. The average molecular weight is 309 g/mol. The number of ether oxygens (including phenoxy) is 1. The molecule has 23 heavy (non-hydrogen) atoms. The van der Waals surface area contributed by atoms with E-state index < -0.39 is 5.97 Å². The van der Waals surface area contributed by atoms with E-state index in [0.717, 1.165) is 11.1 Å². The molecule has 4 heteroatoms. The van der Waals surface area contributed by atoms with Gasteiger partial charge in [-0.15, -0.1) is 0 Å². The van der Waals surface area contributed by atoms with Gasteiger partial charge in [-0.2, -0.15) is 0 Å². The van der Waals surface area contributed by atoms with E-state index in [4.69, 9.17) is 4.74 Å². The molecule has 4 nitrogen and oxygen atoms in total. The van der Waals surface area contributed by atoms with E-state index in [0.29, 0.717) is 0 Å². The molecule has 0 heterocycles. The van der Waals surface area contributed by atoms with Crippen molar-refractivity contribution in [3.05, 3.63) is 77.9 Å². The van der Waals surface area contributed by atoms with Gasteiger partial charge in [-0.3, -0.25) is 4.79 Å². The summed E-state index contributed by atoms with van der Waals surface area (Å²) in [5.74, 6) is -0.876. The molecule has 0 bridgehead atoms. The minimum atomic E-state index is -0.545. The Hall–Kier alpha value is -2.88. The van der Waals surface area contributed by atoms with Crippen LogP contribution in [0.15, 0.2) is 66.7 Å². The summed E-state index contributed by atoms with van der Waals surface area (Å²) in [6.45, 7) is 1.58. The van der Waals surface area contributed by atoms with Gasteiger partial charge in [0.25, 0.3) is 5.91 Å². The number of esters is 1. The molecular formula is C19H19NO3. The van der Waals surface area contributed by atoms with Gasteiger partial charge in [0.15, 0.2) is 6.61 Å². The Morgan fingerprint density at radius 3 is 2.30 bits per heavy atom. The maximum absolute atomic E-state index is 11.8. The number of benzene rings is 2. The van der Waals surface area contributed by atoms with Gasteiger partial charge in [0.1, 0.15) is 0 Å². The molecule has 118 valence electrons. The number of carbonyl (C=O) groups excluding carboxylic acids is 2. The standard InChI is InChI=1S/C19H19NO3/c1-15(17-10-6-3-7-11-17)20-18(21)14-23-19(22)13-12-16-8-4-2-5-9-16/h2-13,15H,14H2,1H3,(H,20,21)/b13-12+/t15-/m1/s1. The van der Waals surface area contributed by atoms with Crippen molar-refractivity contribution in [2.24, 2.45) is 0 Å². The number of hydrogen-bond acceptors (Lipinski definition) is 3. The molecule has 0 aliphatic heterocycles. The van der Waals surface area contributed by atoms with Crippen LogP contribution in [-0.4, -0.2) is 18.5 Å². The zero-order valence-electron chi connectivity index (χ0n) is 12.9. The first-order valence-electron chi connectivity index (χ1n) is 7.39. The van der Waals surface area contributed by atoms with Crippen LogP contribution >= 0.6 is 0 Å². The van der Waals surface area contributed by atoms with E-state index in [1.807, 2.05) is 67.6 Å². The van der Waals surface area contributed by atoms with Crippen LogP contribution in [-0.2, 0) is 14.3 Å². The lowest BCUT2D eigenvalue weighted by atomic mass is 10.1. The number of amides is 1. The molecule has 0 saturated carbocycles. The van der Waals surface area contributed by atoms with Gasteiger partial charge in [0.05, 0.1) is 6.04 Å². The minimum absolute atomic E-state index is 0.137. The molecule has 0 radical (unpaired) electrons. The van der Waals surface area contributed by atoms with Crippen molar-refractivity contribution in [2.75, 3.05) is 6.61 Å². The zero-order valence-corrected chi connectivity index (χ0v) is 12.9. The van der Waals surface area contributed by atoms with Gasteiger partial charge >= 0.3 is 5.97 Å². The molecule has 0 aliphatic carbocycles. The lowest BCUT2D eigenvalue weighted by Gasteiger charge is -2.13. The molecule has 0 aliphatic rings. The van der Waals surface area contributed by atoms with Crippen molar-refractivity contribution in [3.8, 4) is 0 Å². The maximum atomic E-state index is 11.8. The van der Waals surface area contributed by atoms with Gasteiger partial charge in [0, 0.05) is 6.08 Å². The van der Waals surface area contributed by atoms with Gasteiger partial charge in [-0.05, 0) is 24.1 Å². The lowest BCUT2D eigenvalue weighted by molar-refractivity contribution is -0.144. The molecule has 1 amide bonds.